The van der Waals surface area contributed by atoms with E-state index in [9.17, 15) is 23.5 Å². The molecule has 3 heterocycles. The molecule has 0 saturated heterocycles. The van der Waals surface area contributed by atoms with Gasteiger partial charge in [-0.3, -0.25) is 4.55 Å². The summed E-state index contributed by atoms with van der Waals surface area (Å²) in [6.07, 6.45) is 3.09. The van der Waals surface area contributed by atoms with Crippen molar-refractivity contribution in [3.8, 4) is 12.1 Å². The van der Waals surface area contributed by atoms with Crippen LogP contribution < -0.4 is 4.90 Å². The van der Waals surface area contributed by atoms with Crippen LogP contribution in [0, 0.1) is 22.7 Å². The van der Waals surface area contributed by atoms with Gasteiger partial charge in [0.2, 0.25) is 5.95 Å². The first-order valence-corrected chi connectivity index (χ1v) is 11.9. The molecule has 166 valence electrons. The maximum Gasteiger partial charge on any atom is 0.297 e. The van der Waals surface area contributed by atoms with E-state index in [-0.39, 0.29) is 27.7 Å². The minimum atomic E-state index is -4.54. The van der Waals surface area contributed by atoms with Gasteiger partial charge in [-0.2, -0.15) is 18.9 Å². The van der Waals surface area contributed by atoms with E-state index in [4.69, 9.17) is 0 Å². The molecule has 0 spiro atoms. The Bertz CT molecular complexity index is 1540. The summed E-state index contributed by atoms with van der Waals surface area (Å²) in [5, 5.41) is 26.9. The molecule has 0 fully saturated rings. The number of aryl methyl sites for hydroxylation is 2. The van der Waals surface area contributed by atoms with Crippen molar-refractivity contribution in [3.05, 3.63) is 40.5 Å². The van der Waals surface area contributed by atoms with Gasteiger partial charge in [0.15, 0.2) is 0 Å². The topological polar surface area (TPSA) is 148 Å². The molecule has 0 radical (unpaired) electrons. The Morgan fingerprint density at radius 2 is 1.76 bits per heavy atom. The van der Waals surface area contributed by atoms with E-state index in [1.165, 1.54) is 6.07 Å². The van der Waals surface area contributed by atoms with Crippen LogP contribution in [0.4, 0.5) is 17.3 Å². The van der Waals surface area contributed by atoms with Crippen LogP contribution in [0.2, 0.25) is 0 Å². The zero-order valence-corrected chi connectivity index (χ0v) is 18.6. The fraction of sp³-hybridized carbons (Fsp3) is 0.318. The van der Waals surface area contributed by atoms with Gasteiger partial charge in [-0.15, -0.1) is 10.2 Å². The largest absolute Gasteiger partial charge is 0.371 e. The highest BCUT2D eigenvalue weighted by atomic mass is 32.2. The molecule has 2 aliphatic rings. The molecular formula is C22H19N7O3S. The number of azo groups is 1. The fourth-order valence-electron chi connectivity index (χ4n) is 4.77. The van der Waals surface area contributed by atoms with Crippen LogP contribution in [0.1, 0.15) is 35.1 Å². The standard InChI is InChI=1S/C22H19N7O3S/c1-28-19-10-15(12-24)14(11-23)9-17(19)25-22(28)27-26-18-8-13-4-2-6-29-7-3-5-16(20(13)29)21(18)33(30,31)32/h8-10H,2-7H2,1H3,(H,30,31,32). The van der Waals surface area contributed by atoms with Crippen molar-refractivity contribution in [1.29, 1.82) is 10.5 Å². The summed E-state index contributed by atoms with van der Waals surface area (Å²) in [7, 11) is -2.85. The SMILES string of the molecule is Cn1c(N=Nc2cc3c4c(c2S(=O)(=O)O)CCCN4CCC3)nc2cc(C#N)c(C#N)cc21. The van der Waals surface area contributed by atoms with Crippen molar-refractivity contribution in [2.24, 2.45) is 17.3 Å². The monoisotopic (exact) mass is 461 g/mol. The molecule has 1 N–H and O–H groups in total. The first-order valence-electron chi connectivity index (χ1n) is 10.5. The summed E-state index contributed by atoms with van der Waals surface area (Å²) in [5.74, 6) is 0.179. The first-order chi connectivity index (χ1) is 15.8. The number of benzene rings is 2. The molecule has 0 aliphatic carbocycles. The summed E-state index contributed by atoms with van der Waals surface area (Å²) in [6, 6.07) is 8.72. The molecule has 0 amide bonds. The Hall–Kier alpha value is -3.80. The van der Waals surface area contributed by atoms with Gasteiger partial charge in [-0.1, -0.05) is 0 Å². The maximum atomic E-state index is 12.4. The molecule has 5 rings (SSSR count). The van der Waals surface area contributed by atoms with E-state index in [0.29, 0.717) is 23.0 Å². The van der Waals surface area contributed by atoms with Crippen LogP contribution in [-0.4, -0.2) is 35.6 Å². The van der Waals surface area contributed by atoms with E-state index < -0.39 is 10.1 Å². The minimum Gasteiger partial charge on any atom is -0.371 e. The zero-order chi connectivity index (χ0) is 23.3. The van der Waals surface area contributed by atoms with Crippen molar-refractivity contribution in [2.45, 2.75) is 30.6 Å². The van der Waals surface area contributed by atoms with Gasteiger partial charge in [0, 0.05) is 25.8 Å². The fourth-order valence-corrected chi connectivity index (χ4v) is 5.65. The van der Waals surface area contributed by atoms with E-state index in [2.05, 4.69) is 20.1 Å². The number of imidazole rings is 1. The average molecular weight is 462 g/mol. The molecule has 2 aromatic carbocycles. The van der Waals surface area contributed by atoms with Gasteiger partial charge in [0.1, 0.15) is 22.7 Å². The Morgan fingerprint density at radius 1 is 1.06 bits per heavy atom. The summed E-state index contributed by atoms with van der Waals surface area (Å²) in [4.78, 5) is 6.36. The third-order valence-electron chi connectivity index (χ3n) is 6.20. The quantitative estimate of drug-likeness (QED) is 0.462. The third-order valence-corrected chi connectivity index (χ3v) is 7.17. The van der Waals surface area contributed by atoms with Gasteiger partial charge in [-0.25, -0.2) is 4.98 Å². The van der Waals surface area contributed by atoms with Gasteiger partial charge >= 0.3 is 0 Å². The highest BCUT2D eigenvalue weighted by Crippen LogP contribution is 2.43. The summed E-state index contributed by atoms with van der Waals surface area (Å²) in [5.41, 5.74) is 4.06. The molecule has 0 unspecified atom stereocenters. The van der Waals surface area contributed by atoms with Crippen LogP contribution in [-0.2, 0) is 30.0 Å². The smallest absolute Gasteiger partial charge is 0.297 e. The Morgan fingerprint density at radius 3 is 2.45 bits per heavy atom. The molecule has 0 atom stereocenters. The number of aromatic nitrogens is 2. The van der Waals surface area contributed by atoms with Crippen molar-refractivity contribution >= 4 is 38.5 Å². The highest BCUT2D eigenvalue weighted by molar-refractivity contribution is 7.86. The van der Waals surface area contributed by atoms with Crippen molar-refractivity contribution in [3.63, 3.8) is 0 Å². The van der Waals surface area contributed by atoms with Crippen molar-refractivity contribution < 1.29 is 13.0 Å². The van der Waals surface area contributed by atoms with E-state index in [1.54, 1.807) is 23.7 Å². The number of anilines is 1. The van der Waals surface area contributed by atoms with Crippen LogP contribution in [0.15, 0.2) is 33.3 Å². The Balaban J connectivity index is 1.67. The van der Waals surface area contributed by atoms with Gasteiger partial charge in [0.25, 0.3) is 10.1 Å². The van der Waals surface area contributed by atoms with Crippen LogP contribution in [0.25, 0.3) is 11.0 Å². The van der Waals surface area contributed by atoms with E-state index >= 15 is 0 Å². The Kier molecular flexibility index (Phi) is 4.89. The molecule has 33 heavy (non-hydrogen) atoms. The molecule has 10 nitrogen and oxygen atoms in total. The second-order valence-electron chi connectivity index (χ2n) is 8.16. The van der Waals surface area contributed by atoms with Gasteiger partial charge in [-0.05, 0) is 55.0 Å². The van der Waals surface area contributed by atoms with Crippen molar-refractivity contribution in [1.82, 2.24) is 9.55 Å². The average Bonchev–Trinajstić information content (AvgIpc) is 3.10. The molecule has 1 aromatic heterocycles. The maximum absolute atomic E-state index is 12.4. The third kappa shape index (κ3) is 3.42. The number of rotatable bonds is 3. The summed E-state index contributed by atoms with van der Waals surface area (Å²) >= 11 is 0. The predicted octanol–water partition coefficient (Wildman–Crippen LogP) is 3.68. The predicted molar refractivity (Wildman–Crippen MR) is 119 cm³/mol. The Labute approximate surface area is 190 Å². The number of hydrogen-bond donors (Lipinski definition) is 1. The zero-order valence-electron chi connectivity index (χ0n) is 17.8. The highest BCUT2D eigenvalue weighted by Gasteiger charge is 2.32. The van der Waals surface area contributed by atoms with Crippen LogP contribution in [0.3, 0.4) is 0 Å². The second-order valence-corrected chi connectivity index (χ2v) is 9.52. The van der Waals surface area contributed by atoms with E-state index in [1.807, 2.05) is 12.1 Å². The van der Waals surface area contributed by atoms with Gasteiger partial charge in [0.05, 0.1) is 22.2 Å². The lowest BCUT2D eigenvalue weighted by Gasteiger charge is -2.37. The lowest BCUT2D eigenvalue weighted by Crippen LogP contribution is -2.35. The number of hydrogen-bond acceptors (Lipinski definition) is 8. The molecular weight excluding hydrogens is 442 g/mol. The van der Waals surface area contributed by atoms with Crippen molar-refractivity contribution in [2.75, 3.05) is 18.0 Å². The van der Waals surface area contributed by atoms with Crippen LogP contribution >= 0.6 is 0 Å². The molecule has 2 aliphatic heterocycles. The lowest BCUT2D eigenvalue weighted by molar-refractivity contribution is 0.481. The molecule has 0 saturated carbocycles. The number of nitrogens with zero attached hydrogens (tertiary/aromatic N) is 7. The minimum absolute atomic E-state index is 0.0810. The second kappa shape index (κ2) is 7.66. The lowest BCUT2D eigenvalue weighted by atomic mass is 9.91. The first kappa shape index (κ1) is 21.1. The van der Waals surface area contributed by atoms with Crippen LogP contribution in [0.5, 0.6) is 0 Å². The summed E-state index contributed by atoms with van der Waals surface area (Å²) < 4.78 is 36.4. The summed E-state index contributed by atoms with van der Waals surface area (Å²) in [6.45, 7) is 1.72. The molecule has 0 bridgehead atoms. The van der Waals surface area contributed by atoms with Gasteiger partial charge < -0.3 is 9.47 Å². The number of fused-ring (bicyclic) bond motifs is 1. The van der Waals surface area contributed by atoms with E-state index in [0.717, 1.165) is 43.6 Å². The molecule has 3 aromatic rings. The number of nitriles is 2. The molecule has 11 heteroatoms. The normalized spacial score (nSPS) is 15.5.